The zero-order valence-corrected chi connectivity index (χ0v) is 11.8. The Bertz CT molecular complexity index is 469. The number of methoxy groups -OCH3 is 1. The molecular weight excluding hydrogens is 238 g/mol. The molecule has 1 aliphatic rings. The van der Waals surface area contributed by atoms with Crippen LogP contribution in [0.25, 0.3) is 0 Å². The quantitative estimate of drug-likeness (QED) is 0.833. The van der Waals surface area contributed by atoms with Crippen molar-refractivity contribution in [2.45, 2.75) is 25.4 Å². The summed E-state index contributed by atoms with van der Waals surface area (Å²) in [4.78, 5) is 4.65. The Labute approximate surface area is 115 Å². The summed E-state index contributed by atoms with van der Waals surface area (Å²) < 4.78 is 5.29. The number of nitrogens with zero attached hydrogens (tertiary/aromatic N) is 3. The number of rotatable bonds is 3. The summed E-state index contributed by atoms with van der Waals surface area (Å²) in [6.07, 6.45) is 0.550. The fourth-order valence-corrected chi connectivity index (χ4v) is 2.57. The first-order chi connectivity index (χ1) is 9.15. The van der Waals surface area contributed by atoms with Crippen LogP contribution in [-0.2, 0) is 0 Å². The largest absolute Gasteiger partial charge is 0.497 e. The highest BCUT2D eigenvalue weighted by molar-refractivity contribution is 5.52. The van der Waals surface area contributed by atoms with Gasteiger partial charge in [0.25, 0.3) is 0 Å². The van der Waals surface area contributed by atoms with Gasteiger partial charge in [0.2, 0.25) is 0 Å². The highest BCUT2D eigenvalue weighted by Crippen LogP contribution is 2.27. The molecule has 1 heterocycles. The Kier molecular flexibility index (Phi) is 4.28. The van der Waals surface area contributed by atoms with E-state index in [4.69, 9.17) is 10.00 Å². The van der Waals surface area contributed by atoms with Gasteiger partial charge >= 0.3 is 0 Å². The minimum Gasteiger partial charge on any atom is -0.497 e. The van der Waals surface area contributed by atoms with Crippen molar-refractivity contribution in [3.63, 3.8) is 0 Å². The second kappa shape index (κ2) is 5.94. The molecule has 1 aliphatic heterocycles. The lowest BCUT2D eigenvalue weighted by atomic mass is 10.0. The van der Waals surface area contributed by atoms with Crippen LogP contribution < -0.4 is 9.64 Å². The van der Waals surface area contributed by atoms with Crippen LogP contribution in [0.3, 0.4) is 0 Å². The molecular formula is C15H21N3O. The molecule has 2 unspecified atom stereocenters. The number of ether oxygens (including phenoxy) is 1. The standard InChI is InChI=1S/C15H21N3O/c1-12-10-18(14(7-8-16)11-17(12)2)13-5-4-6-15(9-13)19-3/h4-6,9,12,14H,7,10-11H2,1-3H3. The summed E-state index contributed by atoms with van der Waals surface area (Å²) in [7, 11) is 3.80. The first kappa shape index (κ1) is 13.7. The van der Waals surface area contributed by atoms with Gasteiger partial charge in [0.15, 0.2) is 0 Å². The van der Waals surface area contributed by atoms with E-state index in [1.165, 1.54) is 0 Å². The van der Waals surface area contributed by atoms with E-state index in [9.17, 15) is 0 Å². The van der Waals surface area contributed by atoms with Gasteiger partial charge in [0, 0.05) is 30.9 Å². The van der Waals surface area contributed by atoms with Crippen molar-refractivity contribution in [2.24, 2.45) is 0 Å². The molecule has 1 saturated heterocycles. The van der Waals surface area contributed by atoms with Crippen LogP contribution in [0.4, 0.5) is 5.69 Å². The van der Waals surface area contributed by atoms with Gasteiger partial charge in [-0.2, -0.15) is 5.26 Å². The fraction of sp³-hybridized carbons (Fsp3) is 0.533. The molecule has 1 fully saturated rings. The second-order valence-corrected chi connectivity index (χ2v) is 5.16. The zero-order valence-electron chi connectivity index (χ0n) is 11.8. The Balaban J connectivity index is 2.25. The van der Waals surface area contributed by atoms with Crippen molar-refractivity contribution in [3.8, 4) is 11.8 Å². The maximum absolute atomic E-state index is 9.02. The van der Waals surface area contributed by atoms with Gasteiger partial charge in [-0.15, -0.1) is 0 Å². The molecule has 0 spiro atoms. The van der Waals surface area contributed by atoms with Crippen molar-refractivity contribution in [3.05, 3.63) is 24.3 Å². The predicted molar refractivity (Wildman–Crippen MR) is 76.5 cm³/mol. The smallest absolute Gasteiger partial charge is 0.120 e. The maximum atomic E-state index is 9.02. The van der Waals surface area contributed by atoms with Gasteiger partial charge in [0.1, 0.15) is 5.75 Å². The summed E-state index contributed by atoms with van der Waals surface area (Å²) in [5.41, 5.74) is 1.14. The molecule has 0 N–H and O–H groups in total. The average Bonchev–Trinajstić information content (AvgIpc) is 2.43. The fourth-order valence-electron chi connectivity index (χ4n) is 2.57. The highest BCUT2D eigenvalue weighted by atomic mass is 16.5. The van der Waals surface area contributed by atoms with Gasteiger partial charge in [-0.05, 0) is 26.1 Å². The van der Waals surface area contributed by atoms with Crippen LogP contribution in [0, 0.1) is 11.3 Å². The van der Waals surface area contributed by atoms with Gasteiger partial charge in [-0.3, -0.25) is 4.90 Å². The number of hydrogen-bond acceptors (Lipinski definition) is 4. The van der Waals surface area contributed by atoms with Crippen LogP contribution in [-0.4, -0.2) is 44.2 Å². The Morgan fingerprint density at radius 1 is 1.42 bits per heavy atom. The first-order valence-corrected chi connectivity index (χ1v) is 6.63. The molecule has 0 saturated carbocycles. The van der Waals surface area contributed by atoms with Gasteiger partial charge < -0.3 is 9.64 Å². The van der Waals surface area contributed by atoms with Crippen LogP contribution in [0.5, 0.6) is 5.75 Å². The molecule has 2 rings (SSSR count). The van der Waals surface area contributed by atoms with Gasteiger partial charge in [0.05, 0.1) is 25.6 Å². The third-order valence-electron chi connectivity index (χ3n) is 3.86. The highest BCUT2D eigenvalue weighted by Gasteiger charge is 2.29. The Morgan fingerprint density at radius 2 is 2.21 bits per heavy atom. The van der Waals surface area contributed by atoms with E-state index < -0.39 is 0 Å². The molecule has 4 heteroatoms. The monoisotopic (exact) mass is 259 g/mol. The molecule has 102 valence electrons. The van der Waals surface area contributed by atoms with E-state index in [2.05, 4.69) is 35.9 Å². The van der Waals surface area contributed by atoms with E-state index in [0.717, 1.165) is 24.5 Å². The summed E-state index contributed by atoms with van der Waals surface area (Å²) in [5, 5.41) is 9.02. The Morgan fingerprint density at radius 3 is 2.89 bits per heavy atom. The summed E-state index contributed by atoms with van der Waals surface area (Å²) in [6, 6.07) is 11.1. The molecule has 0 aromatic heterocycles. The summed E-state index contributed by atoms with van der Waals surface area (Å²) in [6.45, 7) is 4.08. The van der Waals surface area contributed by atoms with Crippen LogP contribution in [0.2, 0.25) is 0 Å². The van der Waals surface area contributed by atoms with Crippen molar-refractivity contribution in [1.29, 1.82) is 5.26 Å². The third-order valence-corrected chi connectivity index (χ3v) is 3.86. The summed E-state index contributed by atoms with van der Waals surface area (Å²) in [5.74, 6) is 0.861. The number of likely N-dealkylation sites (N-methyl/N-ethyl adjacent to an activating group) is 1. The minimum absolute atomic E-state index is 0.248. The van der Waals surface area contributed by atoms with E-state index in [0.29, 0.717) is 12.5 Å². The molecule has 1 aromatic rings. The molecule has 0 aliphatic carbocycles. The van der Waals surface area contributed by atoms with Crippen LogP contribution in [0.15, 0.2) is 24.3 Å². The van der Waals surface area contributed by atoms with Crippen LogP contribution in [0.1, 0.15) is 13.3 Å². The number of hydrogen-bond donors (Lipinski definition) is 0. The molecule has 1 aromatic carbocycles. The molecule has 0 amide bonds. The van der Waals surface area contributed by atoms with Gasteiger partial charge in [-0.1, -0.05) is 6.07 Å². The first-order valence-electron chi connectivity index (χ1n) is 6.63. The Hall–Kier alpha value is -1.73. The number of benzene rings is 1. The lowest BCUT2D eigenvalue weighted by Gasteiger charge is -2.44. The molecule has 0 radical (unpaired) electrons. The van der Waals surface area contributed by atoms with E-state index in [1.54, 1.807) is 7.11 Å². The van der Waals surface area contributed by atoms with E-state index in [-0.39, 0.29) is 6.04 Å². The van der Waals surface area contributed by atoms with Crippen LogP contribution >= 0.6 is 0 Å². The number of anilines is 1. The summed E-state index contributed by atoms with van der Waals surface area (Å²) >= 11 is 0. The average molecular weight is 259 g/mol. The van der Waals surface area contributed by atoms with E-state index >= 15 is 0 Å². The molecule has 4 nitrogen and oxygen atoms in total. The van der Waals surface area contributed by atoms with E-state index in [1.807, 2.05) is 18.2 Å². The van der Waals surface area contributed by atoms with Crippen molar-refractivity contribution in [1.82, 2.24) is 4.90 Å². The lowest BCUT2D eigenvalue weighted by molar-refractivity contribution is 0.200. The molecule has 2 atom stereocenters. The number of piperazine rings is 1. The maximum Gasteiger partial charge on any atom is 0.120 e. The predicted octanol–water partition coefficient (Wildman–Crippen LogP) is 2.12. The lowest BCUT2D eigenvalue weighted by Crippen LogP contribution is -2.56. The topological polar surface area (TPSA) is 39.5 Å². The second-order valence-electron chi connectivity index (χ2n) is 5.16. The molecule has 19 heavy (non-hydrogen) atoms. The van der Waals surface area contributed by atoms with Crippen molar-refractivity contribution in [2.75, 3.05) is 32.1 Å². The van der Waals surface area contributed by atoms with Crippen molar-refractivity contribution >= 4 is 5.69 Å². The minimum atomic E-state index is 0.248. The zero-order chi connectivity index (χ0) is 13.8. The number of nitriles is 1. The van der Waals surface area contributed by atoms with Crippen molar-refractivity contribution < 1.29 is 4.74 Å². The molecule has 0 bridgehead atoms. The van der Waals surface area contributed by atoms with Gasteiger partial charge in [-0.25, -0.2) is 0 Å². The normalized spacial score (nSPS) is 24.0. The third kappa shape index (κ3) is 2.99. The SMILES string of the molecule is COc1cccc(N2CC(C)N(C)CC2CC#N)c1.